The summed E-state index contributed by atoms with van der Waals surface area (Å²) >= 11 is 2.16. The van der Waals surface area contributed by atoms with Crippen LogP contribution in [0.25, 0.3) is 0 Å². The Kier molecular flexibility index (Phi) is 6.69. The summed E-state index contributed by atoms with van der Waals surface area (Å²) in [6, 6.07) is 7.66. The Hall–Kier alpha value is -2.03. The number of carbonyl (C=O) groups excluding carboxylic acids is 2. The van der Waals surface area contributed by atoms with E-state index in [1.807, 2.05) is 19.1 Å². The number of amides is 2. The lowest BCUT2D eigenvalue weighted by Crippen LogP contribution is -2.47. The molecule has 0 radical (unpaired) electrons. The van der Waals surface area contributed by atoms with E-state index in [0.717, 1.165) is 21.3 Å². The zero-order chi connectivity index (χ0) is 19.4. The van der Waals surface area contributed by atoms with Crippen LogP contribution in [0.2, 0.25) is 0 Å². The van der Waals surface area contributed by atoms with Gasteiger partial charge in [0.15, 0.2) is 0 Å². The molecule has 0 aliphatic carbocycles. The smallest absolute Gasteiger partial charge is 0.257 e. The minimum atomic E-state index is -0.974. The summed E-state index contributed by atoms with van der Waals surface area (Å²) in [6.07, 6.45) is 0. The Morgan fingerprint density at radius 3 is 2.23 bits per heavy atom. The maximum atomic E-state index is 13.8. The van der Waals surface area contributed by atoms with Gasteiger partial charge in [0.1, 0.15) is 23.2 Å². The number of nitrogens with one attached hydrogen (secondary N) is 2. The van der Waals surface area contributed by atoms with Crippen LogP contribution in [0.5, 0.6) is 0 Å². The largest absolute Gasteiger partial charge is 0.340 e. The molecular formula is C19H19F2IN2O2. The summed E-state index contributed by atoms with van der Waals surface area (Å²) in [4.78, 5) is 24.9. The molecule has 138 valence electrons. The minimum Gasteiger partial charge on any atom is -0.340 e. The van der Waals surface area contributed by atoms with Crippen LogP contribution in [0.15, 0.2) is 36.4 Å². The van der Waals surface area contributed by atoms with Crippen LogP contribution in [-0.2, 0) is 4.79 Å². The second kappa shape index (κ2) is 8.57. The maximum Gasteiger partial charge on any atom is 0.257 e. The van der Waals surface area contributed by atoms with Crippen molar-refractivity contribution in [3.8, 4) is 0 Å². The van der Waals surface area contributed by atoms with Gasteiger partial charge in [0, 0.05) is 9.26 Å². The predicted molar refractivity (Wildman–Crippen MR) is 105 cm³/mol. The first-order valence-corrected chi connectivity index (χ1v) is 9.10. The van der Waals surface area contributed by atoms with Gasteiger partial charge in [-0.1, -0.05) is 26.0 Å². The Balaban J connectivity index is 2.18. The van der Waals surface area contributed by atoms with Crippen LogP contribution in [0, 0.1) is 28.0 Å². The zero-order valence-electron chi connectivity index (χ0n) is 14.6. The number of carbonyl (C=O) groups is 2. The molecule has 1 atom stereocenters. The third-order valence-corrected chi connectivity index (χ3v) is 5.03. The van der Waals surface area contributed by atoms with Crippen LogP contribution in [0.1, 0.15) is 29.8 Å². The first kappa shape index (κ1) is 20.3. The van der Waals surface area contributed by atoms with Crippen LogP contribution in [0.3, 0.4) is 0 Å². The van der Waals surface area contributed by atoms with Crippen molar-refractivity contribution in [2.45, 2.75) is 26.8 Å². The van der Waals surface area contributed by atoms with E-state index in [9.17, 15) is 18.4 Å². The first-order chi connectivity index (χ1) is 12.2. The summed E-state index contributed by atoms with van der Waals surface area (Å²) < 4.78 is 28.5. The molecule has 0 fully saturated rings. The molecule has 0 aliphatic rings. The SMILES string of the molecule is Cc1ccc(NC(=O)C(NC(=O)c2c(F)cccc2F)C(C)C)cc1I. The Labute approximate surface area is 164 Å². The van der Waals surface area contributed by atoms with E-state index >= 15 is 0 Å². The number of benzene rings is 2. The van der Waals surface area contributed by atoms with Crippen molar-refractivity contribution in [2.24, 2.45) is 5.92 Å². The fourth-order valence-electron chi connectivity index (χ4n) is 2.35. The first-order valence-electron chi connectivity index (χ1n) is 8.02. The standard InChI is InChI=1S/C19H19F2IN2O2/c1-10(2)17(19(26)23-12-8-7-11(3)15(22)9-12)24-18(25)16-13(20)5-4-6-14(16)21/h4-10,17H,1-3H3,(H,23,26)(H,24,25). The second-order valence-electron chi connectivity index (χ2n) is 6.25. The number of hydrogen-bond donors (Lipinski definition) is 2. The Bertz CT molecular complexity index is 820. The van der Waals surface area contributed by atoms with Gasteiger partial charge in [0.25, 0.3) is 5.91 Å². The normalized spacial score (nSPS) is 12.0. The molecule has 4 nitrogen and oxygen atoms in total. The molecule has 0 heterocycles. The minimum absolute atomic E-state index is 0.279. The average molecular weight is 472 g/mol. The number of aryl methyl sites for hydroxylation is 1. The monoisotopic (exact) mass is 472 g/mol. The van der Waals surface area contributed by atoms with Crippen molar-refractivity contribution in [1.29, 1.82) is 0 Å². The molecule has 0 aromatic heterocycles. The fourth-order valence-corrected chi connectivity index (χ4v) is 2.87. The molecule has 2 aromatic rings. The molecule has 0 saturated carbocycles. The van der Waals surface area contributed by atoms with Gasteiger partial charge < -0.3 is 10.6 Å². The maximum absolute atomic E-state index is 13.8. The number of hydrogen-bond acceptors (Lipinski definition) is 2. The van der Waals surface area contributed by atoms with Crippen molar-refractivity contribution in [3.05, 3.63) is 62.7 Å². The lowest BCUT2D eigenvalue weighted by Gasteiger charge is -2.22. The van der Waals surface area contributed by atoms with Crippen LogP contribution < -0.4 is 10.6 Å². The van der Waals surface area contributed by atoms with Crippen molar-refractivity contribution >= 4 is 40.1 Å². The van der Waals surface area contributed by atoms with Crippen LogP contribution in [-0.4, -0.2) is 17.9 Å². The lowest BCUT2D eigenvalue weighted by molar-refractivity contribution is -0.118. The van der Waals surface area contributed by atoms with Gasteiger partial charge in [0.05, 0.1) is 0 Å². The van der Waals surface area contributed by atoms with Crippen molar-refractivity contribution in [3.63, 3.8) is 0 Å². The third-order valence-electron chi connectivity index (χ3n) is 3.86. The van der Waals surface area contributed by atoms with E-state index in [1.54, 1.807) is 19.9 Å². The molecule has 0 aliphatic heterocycles. The summed E-state index contributed by atoms with van der Waals surface area (Å²) in [7, 11) is 0. The van der Waals surface area contributed by atoms with Gasteiger partial charge in [-0.2, -0.15) is 0 Å². The molecule has 2 aromatic carbocycles. The van der Waals surface area contributed by atoms with Crippen molar-refractivity contribution < 1.29 is 18.4 Å². The van der Waals surface area contributed by atoms with E-state index < -0.39 is 35.1 Å². The van der Waals surface area contributed by atoms with E-state index in [1.165, 1.54) is 6.07 Å². The van der Waals surface area contributed by atoms with E-state index in [0.29, 0.717) is 5.69 Å². The Morgan fingerprint density at radius 2 is 1.69 bits per heavy atom. The highest BCUT2D eigenvalue weighted by molar-refractivity contribution is 14.1. The van der Waals surface area contributed by atoms with Gasteiger partial charge in [-0.15, -0.1) is 0 Å². The van der Waals surface area contributed by atoms with E-state index in [-0.39, 0.29) is 5.92 Å². The van der Waals surface area contributed by atoms with Gasteiger partial charge >= 0.3 is 0 Å². The van der Waals surface area contributed by atoms with E-state index in [4.69, 9.17) is 0 Å². The highest BCUT2D eigenvalue weighted by Crippen LogP contribution is 2.18. The highest BCUT2D eigenvalue weighted by Gasteiger charge is 2.27. The summed E-state index contributed by atoms with van der Waals surface area (Å²) in [5.74, 6) is -3.65. The summed E-state index contributed by atoms with van der Waals surface area (Å²) in [6.45, 7) is 5.43. The fraction of sp³-hybridized carbons (Fsp3) is 0.263. The number of rotatable bonds is 5. The van der Waals surface area contributed by atoms with Gasteiger partial charge in [-0.05, 0) is 65.3 Å². The summed E-state index contributed by atoms with van der Waals surface area (Å²) in [5, 5.41) is 5.16. The van der Waals surface area contributed by atoms with Gasteiger partial charge in [-0.25, -0.2) is 8.78 Å². The van der Waals surface area contributed by atoms with Gasteiger partial charge in [0.2, 0.25) is 5.91 Å². The topological polar surface area (TPSA) is 58.2 Å². The highest BCUT2D eigenvalue weighted by atomic mass is 127. The van der Waals surface area contributed by atoms with Gasteiger partial charge in [-0.3, -0.25) is 9.59 Å². The van der Waals surface area contributed by atoms with Crippen LogP contribution in [0.4, 0.5) is 14.5 Å². The van der Waals surface area contributed by atoms with Crippen molar-refractivity contribution in [1.82, 2.24) is 5.32 Å². The molecule has 7 heteroatoms. The third kappa shape index (κ3) is 4.78. The molecular weight excluding hydrogens is 453 g/mol. The molecule has 0 saturated heterocycles. The molecule has 0 bridgehead atoms. The van der Waals surface area contributed by atoms with E-state index in [2.05, 4.69) is 33.2 Å². The number of halogens is 3. The summed E-state index contributed by atoms with van der Waals surface area (Å²) in [5.41, 5.74) is 0.963. The second-order valence-corrected chi connectivity index (χ2v) is 7.41. The zero-order valence-corrected chi connectivity index (χ0v) is 16.7. The molecule has 0 spiro atoms. The predicted octanol–water partition coefficient (Wildman–Crippen LogP) is 4.27. The quantitative estimate of drug-likeness (QED) is 0.639. The average Bonchev–Trinajstić information content (AvgIpc) is 2.55. The molecule has 26 heavy (non-hydrogen) atoms. The molecule has 2 amide bonds. The number of anilines is 1. The lowest BCUT2D eigenvalue weighted by atomic mass is 10.0. The molecule has 2 N–H and O–H groups in total. The molecule has 1 unspecified atom stereocenters. The van der Waals surface area contributed by atoms with Crippen LogP contribution >= 0.6 is 22.6 Å². The molecule has 2 rings (SSSR count). The Morgan fingerprint density at radius 1 is 1.08 bits per heavy atom. The van der Waals surface area contributed by atoms with Crippen molar-refractivity contribution in [2.75, 3.05) is 5.32 Å².